The molecule has 3 heterocycles. The molecular weight excluding hydrogens is 240 g/mol. The van der Waals surface area contributed by atoms with Gasteiger partial charge in [0.1, 0.15) is 0 Å². The molecule has 0 spiro atoms. The van der Waals surface area contributed by atoms with Crippen LogP contribution in [0.2, 0.25) is 0 Å². The van der Waals surface area contributed by atoms with Crippen molar-refractivity contribution in [3.8, 4) is 0 Å². The van der Waals surface area contributed by atoms with Crippen LogP contribution in [0.25, 0.3) is 0 Å². The van der Waals surface area contributed by atoms with Crippen LogP contribution in [-0.4, -0.2) is 57.9 Å². The lowest BCUT2D eigenvalue weighted by Gasteiger charge is -2.47. The van der Waals surface area contributed by atoms with E-state index in [0.717, 1.165) is 58.5 Å². The SMILES string of the molecule is O[C@]12CCNC[C@H]1CN(CCCn1ccnc1)CC2. The Bertz CT molecular complexity index is 394. The standard InChI is InChI=1S/C14H24N4O/c19-14-2-4-15-10-13(14)11-17(8-3-14)6-1-7-18-9-5-16-12-18/h5,9,12-13,15,19H,1-4,6-8,10-11H2/t13-,14-/m0/s1. The summed E-state index contributed by atoms with van der Waals surface area (Å²) in [5, 5.41) is 14.0. The molecule has 0 aliphatic carbocycles. The summed E-state index contributed by atoms with van der Waals surface area (Å²) in [4.78, 5) is 6.56. The van der Waals surface area contributed by atoms with Crippen LogP contribution in [0, 0.1) is 5.92 Å². The van der Waals surface area contributed by atoms with E-state index in [9.17, 15) is 5.11 Å². The first-order chi connectivity index (χ1) is 9.26. The zero-order chi connectivity index (χ0) is 13.1. The predicted molar refractivity (Wildman–Crippen MR) is 73.8 cm³/mol. The minimum absolute atomic E-state index is 0.397. The normalized spacial score (nSPS) is 32.2. The first-order valence-corrected chi connectivity index (χ1v) is 7.37. The van der Waals surface area contributed by atoms with Crippen LogP contribution >= 0.6 is 0 Å². The second-order valence-corrected chi connectivity index (χ2v) is 5.96. The van der Waals surface area contributed by atoms with Crippen LogP contribution in [-0.2, 0) is 6.54 Å². The van der Waals surface area contributed by atoms with Gasteiger partial charge < -0.3 is 19.9 Å². The Kier molecular flexibility index (Phi) is 3.86. The van der Waals surface area contributed by atoms with Crippen LogP contribution in [0.5, 0.6) is 0 Å². The second kappa shape index (κ2) is 5.61. The van der Waals surface area contributed by atoms with Crippen molar-refractivity contribution in [2.75, 3.05) is 32.7 Å². The van der Waals surface area contributed by atoms with Gasteiger partial charge in [0.25, 0.3) is 0 Å². The number of aliphatic hydroxyl groups is 1. The van der Waals surface area contributed by atoms with Crippen molar-refractivity contribution in [3.63, 3.8) is 0 Å². The first kappa shape index (κ1) is 13.1. The number of nitrogens with zero attached hydrogens (tertiary/aromatic N) is 3. The van der Waals surface area contributed by atoms with Gasteiger partial charge in [0.15, 0.2) is 0 Å². The number of fused-ring (bicyclic) bond motifs is 1. The summed E-state index contributed by atoms with van der Waals surface area (Å²) in [6.07, 6.45) is 8.72. The van der Waals surface area contributed by atoms with Gasteiger partial charge in [-0.05, 0) is 32.4 Å². The Balaban J connectivity index is 1.45. The summed E-state index contributed by atoms with van der Waals surface area (Å²) in [5.74, 6) is 0.406. The molecule has 2 N–H and O–H groups in total. The summed E-state index contributed by atoms with van der Waals surface area (Å²) < 4.78 is 2.13. The number of imidazole rings is 1. The van der Waals surface area contributed by atoms with Gasteiger partial charge in [0, 0.05) is 44.5 Å². The average molecular weight is 264 g/mol. The Morgan fingerprint density at radius 3 is 3.16 bits per heavy atom. The van der Waals surface area contributed by atoms with Crippen LogP contribution < -0.4 is 5.32 Å². The molecule has 2 fully saturated rings. The zero-order valence-corrected chi connectivity index (χ0v) is 11.5. The van der Waals surface area contributed by atoms with Crippen molar-refractivity contribution in [1.29, 1.82) is 0 Å². The molecule has 2 atom stereocenters. The number of aromatic nitrogens is 2. The molecule has 2 aliphatic heterocycles. The van der Waals surface area contributed by atoms with E-state index in [0.29, 0.717) is 5.92 Å². The van der Waals surface area contributed by atoms with Crippen LogP contribution in [0.3, 0.4) is 0 Å². The highest BCUT2D eigenvalue weighted by Crippen LogP contribution is 2.32. The maximum absolute atomic E-state index is 10.6. The maximum atomic E-state index is 10.6. The van der Waals surface area contributed by atoms with E-state index in [1.807, 2.05) is 18.7 Å². The van der Waals surface area contributed by atoms with Gasteiger partial charge in [-0.15, -0.1) is 0 Å². The molecule has 3 rings (SSSR count). The molecule has 19 heavy (non-hydrogen) atoms. The van der Waals surface area contributed by atoms with Gasteiger partial charge in [-0.25, -0.2) is 4.98 Å². The Hall–Kier alpha value is -0.910. The lowest BCUT2D eigenvalue weighted by molar-refractivity contribution is -0.0885. The summed E-state index contributed by atoms with van der Waals surface area (Å²) >= 11 is 0. The molecule has 5 heteroatoms. The quantitative estimate of drug-likeness (QED) is 0.822. The van der Waals surface area contributed by atoms with Crippen molar-refractivity contribution < 1.29 is 5.11 Å². The molecule has 0 bridgehead atoms. The lowest BCUT2D eigenvalue weighted by Crippen LogP contribution is -2.59. The van der Waals surface area contributed by atoms with E-state index < -0.39 is 5.60 Å². The predicted octanol–water partition coefficient (Wildman–Crippen LogP) is 0.320. The molecule has 2 aliphatic rings. The average Bonchev–Trinajstić information content (AvgIpc) is 2.92. The minimum atomic E-state index is -0.397. The number of likely N-dealkylation sites (tertiary alicyclic amines) is 1. The molecule has 5 nitrogen and oxygen atoms in total. The fourth-order valence-electron chi connectivity index (χ4n) is 3.39. The van der Waals surface area contributed by atoms with E-state index in [1.54, 1.807) is 0 Å². The van der Waals surface area contributed by atoms with Crippen LogP contribution in [0.4, 0.5) is 0 Å². The molecule has 2 saturated heterocycles. The summed E-state index contributed by atoms with van der Waals surface area (Å²) in [5.41, 5.74) is -0.397. The van der Waals surface area contributed by atoms with Crippen molar-refractivity contribution in [2.45, 2.75) is 31.4 Å². The maximum Gasteiger partial charge on any atom is 0.0945 e. The van der Waals surface area contributed by atoms with Crippen LogP contribution in [0.15, 0.2) is 18.7 Å². The van der Waals surface area contributed by atoms with E-state index >= 15 is 0 Å². The van der Waals surface area contributed by atoms with Gasteiger partial charge in [-0.3, -0.25) is 0 Å². The van der Waals surface area contributed by atoms with Crippen molar-refractivity contribution in [1.82, 2.24) is 19.8 Å². The minimum Gasteiger partial charge on any atom is -0.389 e. The first-order valence-electron chi connectivity index (χ1n) is 7.37. The highest BCUT2D eigenvalue weighted by molar-refractivity contribution is 4.97. The van der Waals surface area contributed by atoms with E-state index in [-0.39, 0.29) is 0 Å². The molecule has 106 valence electrons. The fraction of sp³-hybridized carbons (Fsp3) is 0.786. The highest BCUT2D eigenvalue weighted by atomic mass is 16.3. The molecule has 1 aromatic rings. The number of piperidine rings is 2. The second-order valence-electron chi connectivity index (χ2n) is 5.96. The topological polar surface area (TPSA) is 53.3 Å². The third kappa shape index (κ3) is 2.99. The zero-order valence-electron chi connectivity index (χ0n) is 11.5. The molecular formula is C14H24N4O. The lowest BCUT2D eigenvalue weighted by atomic mass is 9.76. The molecule has 1 aromatic heterocycles. The smallest absolute Gasteiger partial charge is 0.0945 e. The van der Waals surface area contributed by atoms with Crippen molar-refractivity contribution in [2.24, 2.45) is 5.92 Å². The van der Waals surface area contributed by atoms with Gasteiger partial charge in [0.2, 0.25) is 0 Å². The molecule has 0 saturated carbocycles. The van der Waals surface area contributed by atoms with Crippen LogP contribution in [0.1, 0.15) is 19.3 Å². The van der Waals surface area contributed by atoms with Gasteiger partial charge >= 0.3 is 0 Å². The summed E-state index contributed by atoms with van der Waals surface area (Å²) in [6, 6.07) is 0. The van der Waals surface area contributed by atoms with Gasteiger partial charge in [0.05, 0.1) is 11.9 Å². The fourth-order valence-corrected chi connectivity index (χ4v) is 3.39. The monoisotopic (exact) mass is 264 g/mol. The Morgan fingerprint density at radius 2 is 2.32 bits per heavy atom. The third-order valence-electron chi connectivity index (χ3n) is 4.67. The summed E-state index contributed by atoms with van der Waals surface area (Å²) in [6.45, 7) is 6.15. The number of aryl methyl sites for hydroxylation is 1. The highest BCUT2D eigenvalue weighted by Gasteiger charge is 2.42. The van der Waals surface area contributed by atoms with E-state index in [1.165, 1.54) is 0 Å². The number of hydrogen-bond donors (Lipinski definition) is 2. The largest absolute Gasteiger partial charge is 0.389 e. The number of nitrogens with one attached hydrogen (secondary N) is 1. The third-order valence-corrected chi connectivity index (χ3v) is 4.67. The summed E-state index contributed by atoms with van der Waals surface area (Å²) in [7, 11) is 0. The van der Waals surface area contributed by atoms with E-state index in [4.69, 9.17) is 0 Å². The number of hydrogen-bond acceptors (Lipinski definition) is 4. The molecule has 0 unspecified atom stereocenters. The molecule has 0 radical (unpaired) electrons. The van der Waals surface area contributed by atoms with Gasteiger partial charge in [-0.1, -0.05) is 0 Å². The van der Waals surface area contributed by atoms with Crippen molar-refractivity contribution in [3.05, 3.63) is 18.7 Å². The Labute approximate surface area is 114 Å². The molecule has 0 aromatic carbocycles. The van der Waals surface area contributed by atoms with Gasteiger partial charge in [-0.2, -0.15) is 0 Å². The van der Waals surface area contributed by atoms with Crippen molar-refractivity contribution >= 4 is 0 Å². The Morgan fingerprint density at radius 1 is 1.37 bits per heavy atom. The molecule has 0 amide bonds. The van der Waals surface area contributed by atoms with E-state index in [2.05, 4.69) is 19.8 Å². The number of rotatable bonds is 4.